The molecule has 1 aliphatic heterocycles. The number of nitrogens with two attached hydrogens (primary N) is 1. The van der Waals surface area contributed by atoms with Crippen LogP contribution in [0.5, 0.6) is 0 Å². The van der Waals surface area contributed by atoms with Gasteiger partial charge in [0.1, 0.15) is 0 Å². The fourth-order valence-electron chi connectivity index (χ4n) is 2.94. The molecule has 2 unspecified atom stereocenters. The molecule has 1 aliphatic carbocycles. The predicted molar refractivity (Wildman–Crippen MR) is 64.1 cm³/mol. The van der Waals surface area contributed by atoms with Gasteiger partial charge >= 0.3 is 0 Å². The molecule has 1 heterocycles. The van der Waals surface area contributed by atoms with E-state index in [4.69, 9.17) is 5.73 Å². The molecule has 2 aliphatic rings. The quantitative estimate of drug-likeness (QED) is 0.703. The highest BCUT2D eigenvalue weighted by atomic mass is 16.2. The molecule has 0 aromatic rings. The van der Waals surface area contributed by atoms with Gasteiger partial charge in [-0.15, -0.1) is 0 Å². The van der Waals surface area contributed by atoms with Crippen LogP contribution in [0.2, 0.25) is 0 Å². The van der Waals surface area contributed by atoms with Gasteiger partial charge < -0.3 is 10.6 Å². The molecule has 1 saturated carbocycles. The van der Waals surface area contributed by atoms with E-state index >= 15 is 0 Å². The van der Waals surface area contributed by atoms with Crippen LogP contribution in [-0.4, -0.2) is 54.0 Å². The van der Waals surface area contributed by atoms with Gasteiger partial charge in [-0.3, -0.25) is 9.69 Å². The Labute approximate surface area is 97.8 Å². The molecule has 2 fully saturated rings. The lowest BCUT2D eigenvalue weighted by atomic mass is 10.2. The average Bonchev–Trinajstić information content (AvgIpc) is 2.54. The molecule has 0 aromatic carbocycles. The molecule has 4 nitrogen and oxygen atoms in total. The van der Waals surface area contributed by atoms with E-state index in [1.54, 1.807) is 6.92 Å². The highest BCUT2D eigenvalue weighted by molar-refractivity contribution is 5.73. The summed E-state index contributed by atoms with van der Waals surface area (Å²) in [5.41, 5.74) is 5.96. The maximum Gasteiger partial charge on any atom is 0.219 e. The van der Waals surface area contributed by atoms with Crippen molar-refractivity contribution in [1.29, 1.82) is 0 Å². The topological polar surface area (TPSA) is 49.6 Å². The second-order valence-corrected chi connectivity index (χ2v) is 5.12. The van der Waals surface area contributed by atoms with E-state index in [-0.39, 0.29) is 5.91 Å². The van der Waals surface area contributed by atoms with Crippen molar-refractivity contribution in [1.82, 2.24) is 9.80 Å². The molecule has 16 heavy (non-hydrogen) atoms. The Kier molecular flexibility index (Phi) is 3.82. The van der Waals surface area contributed by atoms with Crippen LogP contribution in [0.3, 0.4) is 0 Å². The van der Waals surface area contributed by atoms with Gasteiger partial charge in [-0.05, 0) is 25.7 Å². The van der Waals surface area contributed by atoms with Gasteiger partial charge in [0, 0.05) is 45.2 Å². The van der Waals surface area contributed by atoms with E-state index in [1.165, 1.54) is 6.42 Å². The lowest BCUT2D eigenvalue weighted by Crippen LogP contribution is -2.38. The summed E-state index contributed by atoms with van der Waals surface area (Å²) in [6.07, 6.45) is 4.64. The zero-order valence-electron chi connectivity index (χ0n) is 10.2. The molecular weight excluding hydrogens is 202 g/mol. The zero-order valence-corrected chi connectivity index (χ0v) is 10.2. The first-order valence-corrected chi connectivity index (χ1v) is 6.42. The summed E-state index contributed by atoms with van der Waals surface area (Å²) >= 11 is 0. The van der Waals surface area contributed by atoms with Crippen LogP contribution in [0.4, 0.5) is 0 Å². The van der Waals surface area contributed by atoms with E-state index in [2.05, 4.69) is 4.90 Å². The van der Waals surface area contributed by atoms with E-state index < -0.39 is 0 Å². The number of carbonyl (C=O) groups is 1. The normalized spacial score (nSPS) is 32.8. The predicted octanol–water partition coefficient (Wildman–Crippen LogP) is 0.420. The summed E-state index contributed by atoms with van der Waals surface area (Å²) in [5.74, 6) is 0.213. The Hall–Kier alpha value is -0.610. The minimum Gasteiger partial charge on any atom is -0.342 e. The Morgan fingerprint density at radius 3 is 2.62 bits per heavy atom. The third-order valence-corrected chi connectivity index (χ3v) is 3.94. The summed E-state index contributed by atoms with van der Waals surface area (Å²) < 4.78 is 0. The van der Waals surface area contributed by atoms with Gasteiger partial charge in [0.15, 0.2) is 0 Å². The average molecular weight is 225 g/mol. The SMILES string of the molecule is CC(=O)N1CCCN(C2CCC(N)C2)CC1. The minimum absolute atomic E-state index is 0.213. The van der Waals surface area contributed by atoms with Crippen LogP contribution in [0.15, 0.2) is 0 Å². The lowest BCUT2D eigenvalue weighted by molar-refractivity contribution is -0.128. The molecule has 0 bridgehead atoms. The molecular formula is C12H23N3O. The molecule has 1 saturated heterocycles. The van der Waals surface area contributed by atoms with Crippen LogP contribution in [-0.2, 0) is 4.79 Å². The summed E-state index contributed by atoms with van der Waals surface area (Å²) in [4.78, 5) is 15.8. The second-order valence-electron chi connectivity index (χ2n) is 5.12. The zero-order chi connectivity index (χ0) is 11.5. The van der Waals surface area contributed by atoms with Crippen molar-refractivity contribution in [3.8, 4) is 0 Å². The molecule has 2 N–H and O–H groups in total. The lowest BCUT2D eigenvalue weighted by Gasteiger charge is -2.27. The molecule has 92 valence electrons. The number of rotatable bonds is 1. The van der Waals surface area contributed by atoms with Gasteiger partial charge in [-0.2, -0.15) is 0 Å². The van der Waals surface area contributed by atoms with Gasteiger partial charge in [0.05, 0.1) is 0 Å². The third-order valence-electron chi connectivity index (χ3n) is 3.94. The molecule has 0 radical (unpaired) electrons. The van der Waals surface area contributed by atoms with Crippen LogP contribution in [0, 0.1) is 0 Å². The van der Waals surface area contributed by atoms with Crippen LogP contribution < -0.4 is 5.73 Å². The number of nitrogens with zero attached hydrogens (tertiary/aromatic N) is 2. The van der Waals surface area contributed by atoms with Crippen LogP contribution in [0.25, 0.3) is 0 Å². The van der Waals surface area contributed by atoms with Gasteiger partial charge in [-0.25, -0.2) is 0 Å². The number of hydrogen-bond acceptors (Lipinski definition) is 3. The van der Waals surface area contributed by atoms with E-state index in [0.717, 1.165) is 45.4 Å². The van der Waals surface area contributed by atoms with E-state index in [9.17, 15) is 4.79 Å². The van der Waals surface area contributed by atoms with Gasteiger partial charge in [-0.1, -0.05) is 0 Å². The van der Waals surface area contributed by atoms with Crippen molar-refractivity contribution in [2.24, 2.45) is 5.73 Å². The summed E-state index contributed by atoms with van der Waals surface area (Å²) in [7, 11) is 0. The first-order chi connectivity index (χ1) is 7.66. The van der Waals surface area contributed by atoms with Crippen LogP contribution in [0.1, 0.15) is 32.6 Å². The first kappa shape index (κ1) is 11.9. The number of amides is 1. The first-order valence-electron chi connectivity index (χ1n) is 6.42. The monoisotopic (exact) mass is 225 g/mol. The highest BCUT2D eigenvalue weighted by Crippen LogP contribution is 2.23. The fourth-order valence-corrected chi connectivity index (χ4v) is 2.94. The van der Waals surface area contributed by atoms with Gasteiger partial charge in [0.25, 0.3) is 0 Å². The maximum atomic E-state index is 11.3. The second kappa shape index (κ2) is 5.15. The summed E-state index contributed by atoms with van der Waals surface area (Å²) in [6.45, 7) is 5.63. The smallest absolute Gasteiger partial charge is 0.219 e. The van der Waals surface area contributed by atoms with E-state index in [1.807, 2.05) is 4.90 Å². The molecule has 2 atom stereocenters. The largest absolute Gasteiger partial charge is 0.342 e. The van der Waals surface area contributed by atoms with Gasteiger partial charge in [0.2, 0.25) is 5.91 Å². The Morgan fingerprint density at radius 1 is 1.19 bits per heavy atom. The standard InChI is InChI=1S/C12H23N3O/c1-10(16)14-5-2-6-15(8-7-14)12-4-3-11(13)9-12/h11-12H,2-9,13H2,1H3. The number of hydrogen-bond donors (Lipinski definition) is 1. The van der Waals surface area contributed by atoms with Crippen molar-refractivity contribution < 1.29 is 4.79 Å². The third kappa shape index (κ3) is 2.74. The van der Waals surface area contributed by atoms with Crippen molar-refractivity contribution in [2.45, 2.75) is 44.7 Å². The Morgan fingerprint density at radius 2 is 2.00 bits per heavy atom. The molecule has 4 heteroatoms. The summed E-state index contributed by atoms with van der Waals surface area (Å²) in [5, 5.41) is 0. The number of carbonyl (C=O) groups excluding carboxylic acids is 1. The maximum absolute atomic E-state index is 11.3. The molecule has 0 spiro atoms. The molecule has 2 rings (SSSR count). The fraction of sp³-hybridized carbons (Fsp3) is 0.917. The summed E-state index contributed by atoms with van der Waals surface area (Å²) in [6, 6.07) is 1.07. The Bertz CT molecular complexity index is 257. The molecule has 1 amide bonds. The van der Waals surface area contributed by atoms with Crippen LogP contribution >= 0.6 is 0 Å². The van der Waals surface area contributed by atoms with Crippen molar-refractivity contribution in [3.05, 3.63) is 0 Å². The van der Waals surface area contributed by atoms with Crippen molar-refractivity contribution in [2.75, 3.05) is 26.2 Å². The van der Waals surface area contributed by atoms with Crippen molar-refractivity contribution in [3.63, 3.8) is 0 Å². The Balaban J connectivity index is 1.86. The van der Waals surface area contributed by atoms with E-state index in [0.29, 0.717) is 12.1 Å². The minimum atomic E-state index is 0.213. The molecule has 0 aromatic heterocycles. The van der Waals surface area contributed by atoms with Crippen molar-refractivity contribution >= 4 is 5.91 Å². The highest BCUT2D eigenvalue weighted by Gasteiger charge is 2.28.